The summed E-state index contributed by atoms with van der Waals surface area (Å²) in [5, 5.41) is 1.18. The molecule has 2 heterocycles. The maximum atomic E-state index is 5.68. The van der Waals surface area contributed by atoms with Gasteiger partial charge in [0.2, 0.25) is 0 Å². The molecule has 3 rings (SSSR count). The third kappa shape index (κ3) is 2.95. The number of anilines is 1. The Morgan fingerprint density at radius 1 is 1.29 bits per heavy atom. The third-order valence-corrected chi connectivity index (χ3v) is 4.46. The summed E-state index contributed by atoms with van der Waals surface area (Å²) < 4.78 is 5.35. The molecule has 0 aliphatic carbocycles. The first-order valence-corrected chi connectivity index (χ1v) is 7.69. The van der Waals surface area contributed by atoms with Gasteiger partial charge in [-0.05, 0) is 56.0 Å². The lowest BCUT2D eigenvalue weighted by atomic mass is 9.93. The minimum atomic E-state index is 0.786. The Labute approximate surface area is 125 Å². The third-order valence-electron chi connectivity index (χ3n) is 4.46. The van der Waals surface area contributed by atoms with Gasteiger partial charge in [-0.1, -0.05) is 0 Å². The van der Waals surface area contributed by atoms with Crippen molar-refractivity contribution in [2.75, 3.05) is 31.6 Å². The SMILES string of the molecule is COc1ccc2nccc(N3CCC(CCN)CC3)c2c1. The van der Waals surface area contributed by atoms with Crippen LogP contribution < -0.4 is 15.4 Å². The quantitative estimate of drug-likeness (QED) is 0.938. The monoisotopic (exact) mass is 285 g/mol. The van der Waals surface area contributed by atoms with Gasteiger partial charge in [0.1, 0.15) is 5.75 Å². The maximum Gasteiger partial charge on any atom is 0.119 e. The van der Waals surface area contributed by atoms with Gasteiger partial charge in [0.25, 0.3) is 0 Å². The molecule has 1 saturated heterocycles. The summed E-state index contributed by atoms with van der Waals surface area (Å²) in [6, 6.07) is 8.19. The van der Waals surface area contributed by atoms with Crippen LogP contribution in [0.3, 0.4) is 0 Å². The largest absolute Gasteiger partial charge is 0.497 e. The molecule has 1 aromatic heterocycles. The molecule has 0 unspecified atom stereocenters. The van der Waals surface area contributed by atoms with Crippen LogP contribution in [0.1, 0.15) is 19.3 Å². The van der Waals surface area contributed by atoms with Gasteiger partial charge in [-0.15, -0.1) is 0 Å². The second kappa shape index (κ2) is 6.31. The van der Waals surface area contributed by atoms with Crippen LogP contribution in [0.4, 0.5) is 5.69 Å². The predicted octanol–water partition coefficient (Wildman–Crippen LogP) is 2.81. The minimum Gasteiger partial charge on any atom is -0.497 e. The molecule has 1 aliphatic rings. The number of aromatic nitrogens is 1. The van der Waals surface area contributed by atoms with Crippen molar-refractivity contribution in [2.45, 2.75) is 19.3 Å². The van der Waals surface area contributed by atoms with Crippen LogP contribution in [0.25, 0.3) is 10.9 Å². The van der Waals surface area contributed by atoms with E-state index in [4.69, 9.17) is 10.5 Å². The van der Waals surface area contributed by atoms with E-state index in [-0.39, 0.29) is 0 Å². The number of nitrogens with zero attached hydrogens (tertiary/aromatic N) is 2. The Hall–Kier alpha value is -1.81. The van der Waals surface area contributed by atoms with Gasteiger partial charge in [-0.3, -0.25) is 4.98 Å². The molecule has 4 heteroatoms. The molecule has 1 aliphatic heterocycles. The number of hydrogen-bond acceptors (Lipinski definition) is 4. The van der Waals surface area contributed by atoms with Crippen molar-refractivity contribution in [1.82, 2.24) is 4.98 Å². The van der Waals surface area contributed by atoms with E-state index in [2.05, 4.69) is 22.0 Å². The van der Waals surface area contributed by atoms with Gasteiger partial charge in [-0.2, -0.15) is 0 Å². The lowest BCUT2D eigenvalue weighted by Gasteiger charge is -2.34. The molecule has 1 aromatic carbocycles. The number of ether oxygens (including phenoxy) is 1. The summed E-state index contributed by atoms with van der Waals surface area (Å²) in [5.41, 5.74) is 7.97. The highest BCUT2D eigenvalue weighted by atomic mass is 16.5. The first kappa shape index (κ1) is 14.1. The summed E-state index contributed by atoms with van der Waals surface area (Å²) in [7, 11) is 1.70. The highest BCUT2D eigenvalue weighted by Gasteiger charge is 2.20. The van der Waals surface area contributed by atoms with Crippen LogP contribution >= 0.6 is 0 Å². The van der Waals surface area contributed by atoms with Crippen LogP contribution in [-0.2, 0) is 0 Å². The maximum absolute atomic E-state index is 5.68. The van der Waals surface area contributed by atoms with Gasteiger partial charge in [0.15, 0.2) is 0 Å². The Bertz CT molecular complexity index is 606. The molecule has 2 N–H and O–H groups in total. The van der Waals surface area contributed by atoms with Crippen LogP contribution in [0.5, 0.6) is 5.75 Å². The zero-order chi connectivity index (χ0) is 14.7. The van der Waals surface area contributed by atoms with E-state index in [1.54, 1.807) is 7.11 Å². The van der Waals surface area contributed by atoms with E-state index in [0.717, 1.165) is 43.2 Å². The number of nitrogens with two attached hydrogens (primary N) is 1. The number of hydrogen-bond donors (Lipinski definition) is 1. The molecular formula is C17H23N3O. The lowest BCUT2D eigenvalue weighted by Crippen LogP contribution is -2.34. The molecule has 1 fully saturated rings. The Kier molecular flexibility index (Phi) is 4.25. The van der Waals surface area contributed by atoms with Crippen LogP contribution in [0.15, 0.2) is 30.5 Å². The zero-order valence-electron chi connectivity index (χ0n) is 12.6. The molecule has 2 aromatic rings. The van der Waals surface area contributed by atoms with Gasteiger partial charge >= 0.3 is 0 Å². The summed E-state index contributed by atoms with van der Waals surface area (Å²) in [6.07, 6.45) is 5.50. The van der Waals surface area contributed by atoms with Crippen LogP contribution in [0, 0.1) is 5.92 Å². The molecule has 21 heavy (non-hydrogen) atoms. The van der Waals surface area contributed by atoms with Crippen LogP contribution in [-0.4, -0.2) is 31.7 Å². The van der Waals surface area contributed by atoms with Crippen molar-refractivity contribution in [1.29, 1.82) is 0 Å². The fourth-order valence-corrected chi connectivity index (χ4v) is 3.21. The van der Waals surface area contributed by atoms with Crippen molar-refractivity contribution < 1.29 is 4.74 Å². The molecular weight excluding hydrogens is 262 g/mol. The number of methoxy groups -OCH3 is 1. The average Bonchev–Trinajstić information content (AvgIpc) is 2.55. The fraction of sp³-hybridized carbons (Fsp3) is 0.471. The minimum absolute atomic E-state index is 0.786. The second-order valence-electron chi connectivity index (χ2n) is 5.72. The lowest BCUT2D eigenvalue weighted by molar-refractivity contribution is 0.386. The smallest absolute Gasteiger partial charge is 0.119 e. The van der Waals surface area contributed by atoms with Gasteiger partial charge in [0, 0.05) is 30.4 Å². The van der Waals surface area contributed by atoms with E-state index in [9.17, 15) is 0 Å². The molecule has 4 nitrogen and oxygen atoms in total. The average molecular weight is 285 g/mol. The summed E-state index contributed by atoms with van der Waals surface area (Å²) in [6.45, 7) is 3.00. The Morgan fingerprint density at radius 3 is 2.81 bits per heavy atom. The first-order chi connectivity index (χ1) is 10.3. The number of benzene rings is 1. The number of rotatable bonds is 4. The van der Waals surface area contributed by atoms with Crippen molar-refractivity contribution in [2.24, 2.45) is 11.7 Å². The zero-order valence-corrected chi connectivity index (χ0v) is 12.6. The van der Waals surface area contributed by atoms with E-state index < -0.39 is 0 Å². The molecule has 112 valence electrons. The van der Waals surface area contributed by atoms with Crippen molar-refractivity contribution in [3.05, 3.63) is 30.5 Å². The number of fused-ring (bicyclic) bond motifs is 1. The van der Waals surface area contributed by atoms with Crippen molar-refractivity contribution >= 4 is 16.6 Å². The van der Waals surface area contributed by atoms with E-state index in [1.807, 2.05) is 18.3 Å². The van der Waals surface area contributed by atoms with Gasteiger partial charge < -0.3 is 15.4 Å². The van der Waals surface area contributed by atoms with Crippen LogP contribution in [0.2, 0.25) is 0 Å². The standard InChI is InChI=1S/C17H23N3O/c1-21-14-2-3-16-15(12-14)17(5-9-19-16)20-10-6-13(4-8-18)7-11-20/h2-3,5,9,12-13H,4,6-8,10-11,18H2,1H3. The first-order valence-electron chi connectivity index (χ1n) is 7.69. The molecule has 0 atom stereocenters. The van der Waals surface area contributed by atoms with Gasteiger partial charge in [0.05, 0.1) is 12.6 Å². The topological polar surface area (TPSA) is 51.4 Å². The van der Waals surface area contributed by atoms with E-state index in [1.165, 1.54) is 23.9 Å². The summed E-state index contributed by atoms with van der Waals surface area (Å²) in [4.78, 5) is 6.93. The van der Waals surface area contributed by atoms with Crippen molar-refractivity contribution in [3.63, 3.8) is 0 Å². The molecule has 0 spiro atoms. The Balaban J connectivity index is 1.87. The van der Waals surface area contributed by atoms with Crippen molar-refractivity contribution in [3.8, 4) is 5.75 Å². The molecule has 0 amide bonds. The Morgan fingerprint density at radius 2 is 2.10 bits per heavy atom. The summed E-state index contributed by atoms with van der Waals surface area (Å²) in [5.74, 6) is 1.67. The highest BCUT2D eigenvalue weighted by Crippen LogP contribution is 2.31. The number of piperidine rings is 1. The van der Waals surface area contributed by atoms with Gasteiger partial charge in [-0.25, -0.2) is 0 Å². The highest BCUT2D eigenvalue weighted by molar-refractivity contribution is 5.92. The molecule has 0 radical (unpaired) electrons. The fourth-order valence-electron chi connectivity index (χ4n) is 3.21. The predicted molar refractivity (Wildman–Crippen MR) is 86.9 cm³/mol. The normalized spacial score (nSPS) is 16.4. The molecule has 0 saturated carbocycles. The molecule has 0 bridgehead atoms. The number of pyridine rings is 1. The van der Waals surface area contributed by atoms with E-state index in [0.29, 0.717) is 0 Å². The second-order valence-corrected chi connectivity index (χ2v) is 5.72. The van der Waals surface area contributed by atoms with E-state index >= 15 is 0 Å². The summed E-state index contributed by atoms with van der Waals surface area (Å²) >= 11 is 0.